The van der Waals surface area contributed by atoms with E-state index in [4.69, 9.17) is 10.5 Å². The Morgan fingerprint density at radius 2 is 1.86 bits per heavy atom. The molecule has 0 bridgehead atoms. The molecule has 1 aliphatic rings. The molecule has 29 heavy (non-hydrogen) atoms. The fraction of sp³-hybridized carbons (Fsp3) is 0.700. The molecule has 3 N–H and O–H groups in total. The first kappa shape index (κ1) is 22.7. The van der Waals surface area contributed by atoms with Gasteiger partial charge in [0.15, 0.2) is 12.3 Å². The van der Waals surface area contributed by atoms with E-state index in [9.17, 15) is 19.2 Å². The third-order valence-electron chi connectivity index (χ3n) is 5.24. The SMILES string of the molecule is CCCCN(C(=O)COC(=O)C1CCCCC1)c1c(N)n(CCC)c(=O)[nH]c1=O. The number of amides is 1. The highest BCUT2D eigenvalue weighted by atomic mass is 16.5. The summed E-state index contributed by atoms with van der Waals surface area (Å²) in [6.07, 6.45) is 6.71. The van der Waals surface area contributed by atoms with Crippen LogP contribution in [-0.2, 0) is 20.9 Å². The van der Waals surface area contributed by atoms with Crippen LogP contribution in [0.25, 0.3) is 0 Å². The molecule has 1 heterocycles. The number of hydrogen-bond acceptors (Lipinski definition) is 6. The van der Waals surface area contributed by atoms with E-state index >= 15 is 0 Å². The molecule has 162 valence electrons. The predicted molar refractivity (Wildman–Crippen MR) is 111 cm³/mol. The summed E-state index contributed by atoms with van der Waals surface area (Å²) in [6, 6.07) is 0. The summed E-state index contributed by atoms with van der Waals surface area (Å²) >= 11 is 0. The van der Waals surface area contributed by atoms with Crippen LogP contribution in [0.2, 0.25) is 0 Å². The lowest BCUT2D eigenvalue weighted by Gasteiger charge is -2.25. The monoisotopic (exact) mass is 408 g/mol. The molecule has 9 nitrogen and oxygen atoms in total. The van der Waals surface area contributed by atoms with Gasteiger partial charge in [-0.1, -0.05) is 39.5 Å². The minimum atomic E-state index is -0.720. The van der Waals surface area contributed by atoms with Crippen LogP contribution in [0.3, 0.4) is 0 Å². The van der Waals surface area contributed by atoms with Crippen LogP contribution in [-0.4, -0.2) is 34.6 Å². The van der Waals surface area contributed by atoms with Gasteiger partial charge < -0.3 is 15.4 Å². The van der Waals surface area contributed by atoms with Crippen molar-refractivity contribution in [2.24, 2.45) is 5.92 Å². The smallest absolute Gasteiger partial charge is 0.330 e. The molecule has 0 radical (unpaired) electrons. The third-order valence-corrected chi connectivity index (χ3v) is 5.24. The number of rotatable bonds is 9. The van der Waals surface area contributed by atoms with Gasteiger partial charge in [0.05, 0.1) is 5.92 Å². The molecule has 0 saturated heterocycles. The highest BCUT2D eigenvalue weighted by molar-refractivity contribution is 5.97. The molecule has 0 unspecified atom stereocenters. The topological polar surface area (TPSA) is 127 Å². The summed E-state index contributed by atoms with van der Waals surface area (Å²) in [4.78, 5) is 53.1. The Morgan fingerprint density at radius 1 is 1.17 bits per heavy atom. The Balaban J connectivity index is 2.23. The normalized spacial score (nSPS) is 14.6. The van der Waals surface area contributed by atoms with Gasteiger partial charge in [0.2, 0.25) is 0 Å². The molecule has 0 aliphatic heterocycles. The third kappa shape index (κ3) is 5.71. The van der Waals surface area contributed by atoms with Crippen LogP contribution < -0.4 is 21.9 Å². The number of carbonyl (C=O) groups is 2. The number of unbranched alkanes of at least 4 members (excludes halogenated alkanes) is 1. The molecule has 0 atom stereocenters. The number of nitrogens with one attached hydrogen (secondary N) is 1. The van der Waals surface area contributed by atoms with Crippen LogP contribution in [0.5, 0.6) is 0 Å². The van der Waals surface area contributed by atoms with Gasteiger partial charge in [-0.2, -0.15) is 0 Å². The average molecular weight is 408 g/mol. The number of esters is 1. The summed E-state index contributed by atoms with van der Waals surface area (Å²) in [5.41, 5.74) is 4.70. The Labute approximate surface area is 170 Å². The van der Waals surface area contributed by atoms with Crippen molar-refractivity contribution in [1.82, 2.24) is 9.55 Å². The van der Waals surface area contributed by atoms with Gasteiger partial charge in [-0.3, -0.25) is 23.9 Å². The first-order valence-corrected chi connectivity index (χ1v) is 10.5. The zero-order valence-corrected chi connectivity index (χ0v) is 17.4. The molecule has 1 aromatic rings. The molecule has 0 spiro atoms. The van der Waals surface area contributed by atoms with Gasteiger partial charge in [-0.15, -0.1) is 0 Å². The number of hydrogen-bond donors (Lipinski definition) is 2. The Hall–Kier alpha value is -2.58. The number of carbonyl (C=O) groups excluding carboxylic acids is 2. The van der Waals surface area contributed by atoms with Gasteiger partial charge in [0.25, 0.3) is 11.5 Å². The lowest BCUT2D eigenvalue weighted by Crippen LogP contribution is -2.43. The van der Waals surface area contributed by atoms with E-state index in [2.05, 4.69) is 4.98 Å². The van der Waals surface area contributed by atoms with Crippen molar-refractivity contribution in [3.63, 3.8) is 0 Å². The number of nitrogen functional groups attached to an aromatic ring is 1. The molecule has 1 aromatic heterocycles. The number of ether oxygens (including phenoxy) is 1. The summed E-state index contributed by atoms with van der Waals surface area (Å²) in [6.45, 7) is 3.94. The minimum absolute atomic E-state index is 0.0522. The van der Waals surface area contributed by atoms with E-state index in [1.165, 1.54) is 9.47 Å². The zero-order chi connectivity index (χ0) is 21.4. The Morgan fingerprint density at radius 3 is 2.48 bits per heavy atom. The van der Waals surface area contributed by atoms with E-state index < -0.39 is 23.8 Å². The van der Waals surface area contributed by atoms with Crippen molar-refractivity contribution in [2.75, 3.05) is 23.8 Å². The highest BCUT2D eigenvalue weighted by Crippen LogP contribution is 2.25. The van der Waals surface area contributed by atoms with E-state index in [0.717, 1.165) is 38.5 Å². The quantitative estimate of drug-likeness (QED) is 0.600. The van der Waals surface area contributed by atoms with E-state index in [0.29, 0.717) is 19.4 Å². The molecule has 0 aromatic carbocycles. The van der Waals surface area contributed by atoms with E-state index in [1.54, 1.807) is 0 Å². The number of H-pyrrole nitrogens is 1. The summed E-state index contributed by atoms with van der Waals surface area (Å²) < 4.78 is 6.50. The molecule has 2 rings (SSSR count). The van der Waals surface area contributed by atoms with Gasteiger partial charge in [-0.05, 0) is 25.7 Å². The van der Waals surface area contributed by atoms with Crippen molar-refractivity contribution in [1.29, 1.82) is 0 Å². The summed E-state index contributed by atoms with van der Waals surface area (Å²) in [5.74, 6) is -1.11. The van der Waals surface area contributed by atoms with Crippen LogP contribution >= 0.6 is 0 Å². The van der Waals surface area contributed by atoms with Crippen molar-refractivity contribution in [2.45, 2.75) is 71.8 Å². The fourth-order valence-corrected chi connectivity index (χ4v) is 3.63. The second-order valence-corrected chi connectivity index (χ2v) is 7.49. The standard InChI is InChI=1S/C20H32N4O5/c1-3-5-12-23(15(25)13-29-19(27)14-9-7-6-8-10-14)16-17(21)24(11-4-2)20(28)22-18(16)26/h14H,3-13,21H2,1-2H3,(H,22,26,28). The number of aromatic amines is 1. The van der Waals surface area contributed by atoms with Crippen LogP contribution in [0, 0.1) is 5.92 Å². The van der Waals surface area contributed by atoms with Crippen molar-refractivity contribution in [3.05, 3.63) is 20.8 Å². The lowest BCUT2D eigenvalue weighted by atomic mass is 9.89. The van der Waals surface area contributed by atoms with Crippen LogP contribution in [0.4, 0.5) is 11.5 Å². The average Bonchev–Trinajstić information content (AvgIpc) is 2.71. The second kappa shape index (κ2) is 10.8. The predicted octanol–water partition coefficient (Wildman–Crippen LogP) is 1.79. The highest BCUT2D eigenvalue weighted by Gasteiger charge is 2.27. The number of aromatic nitrogens is 2. The van der Waals surface area contributed by atoms with Gasteiger partial charge in [0, 0.05) is 13.1 Å². The minimum Gasteiger partial charge on any atom is -0.455 e. The summed E-state index contributed by atoms with van der Waals surface area (Å²) in [5, 5.41) is 0. The molecular formula is C20H32N4O5. The Kier molecular flexibility index (Phi) is 8.48. The summed E-state index contributed by atoms with van der Waals surface area (Å²) in [7, 11) is 0. The maximum absolute atomic E-state index is 12.8. The maximum Gasteiger partial charge on any atom is 0.330 e. The molecule has 1 saturated carbocycles. The van der Waals surface area contributed by atoms with Gasteiger partial charge >= 0.3 is 11.7 Å². The van der Waals surface area contributed by atoms with Gasteiger partial charge in [-0.25, -0.2) is 4.79 Å². The van der Waals surface area contributed by atoms with Crippen molar-refractivity contribution < 1.29 is 14.3 Å². The molecule has 9 heteroatoms. The maximum atomic E-state index is 12.8. The van der Waals surface area contributed by atoms with E-state index in [-0.39, 0.29) is 29.9 Å². The molecule has 1 fully saturated rings. The van der Waals surface area contributed by atoms with Crippen LogP contribution in [0.15, 0.2) is 9.59 Å². The van der Waals surface area contributed by atoms with Crippen molar-refractivity contribution >= 4 is 23.4 Å². The number of nitrogens with zero attached hydrogens (tertiary/aromatic N) is 2. The van der Waals surface area contributed by atoms with Gasteiger partial charge in [0.1, 0.15) is 5.82 Å². The lowest BCUT2D eigenvalue weighted by molar-refractivity contribution is -0.153. The first-order valence-electron chi connectivity index (χ1n) is 10.5. The molecule has 1 amide bonds. The first-order chi connectivity index (χ1) is 13.9. The zero-order valence-electron chi connectivity index (χ0n) is 17.4. The Bertz CT molecular complexity index is 823. The number of anilines is 2. The fourth-order valence-electron chi connectivity index (χ4n) is 3.63. The largest absolute Gasteiger partial charge is 0.455 e. The molecular weight excluding hydrogens is 376 g/mol. The molecule has 1 aliphatic carbocycles. The second-order valence-electron chi connectivity index (χ2n) is 7.49. The van der Waals surface area contributed by atoms with E-state index in [1.807, 2.05) is 13.8 Å². The number of nitrogens with two attached hydrogens (primary N) is 1. The van der Waals surface area contributed by atoms with Crippen molar-refractivity contribution in [3.8, 4) is 0 Å². The van der Waals surface area contributed by atoms with Crippen LogP contribution in [0.1, 0.15) is 65.2 Å².